The van der Waals surface area contributed by atoms with Crippen molar-refractivity contribution in [2.75, 3.05) is 19.5 Å². The van der Waals surface area contributed by atoms with Crippen molar-refractivity contribution >= 4 is 11.5 Å². The lowest BCUT2D eigenvalue weighted by Gasteiger charge is -2.14. The summed E-state index contributed by atoms with van der Waals surface area (Å²) in [6, 6.07) is 5.24. The highest BCUT2D eigenvalue weighted by Gasteiger charge is 2.09. The Kier molecular flexibility index (Phi) is 4.17. The van der Waals surface area contributed by atoms with Crippen LogP contribution in [0.4, 0.5) is 5.69 Å². The lowest BCUT2D eigenvalue weighted by Crippen LogP contribution is -2.23. The van der Waals surface area contributed by atoms with Crippen LogP contribution in [0.25, 0.3) is 0 Å². The predicted octanol–water partition coefficient (Wildman–Crippen LogP) is 2.09. The smallest absolute Gasteiger partial charge is 0.162 e. The van der Waals surface area contributed by atoms with Crippen molar-refractivity contribution in [3.05, 3.63) is 18.2 Å². The first kappa shape index (κ1) is 12.4. The van der Waals surface area contributed by atoms with Crippen molar-refractivity contribution in [3.63, 3.8) is 0 Å². The average molecular weight is 223 g/mol. The number of hydrogen-bond donors (Lipinski definition) is 1. The molecule has 0 aliphatic carbocycles. The molecule has 0 aromatic heterocycles. The number of rotatable bonds is 5. The predicted molar refractivity (Wildman–Crippen MR) is 63.3 cm³/mol. The number of methoxy groups -OCH3 is 2. The first-order chi connectivity index (χ1) is 7.58. The van der Waals surface area contributed by atoms with E-state index in [-0.39, 0.29) is 11.8 Å². The summed E-state index contributed by atoms with van der Waals surface area (Å²) in [5.74, 6) is 1.40. The second-order valence-electron chi connectivity index (χ2n) is 3.55. The molecule has 1 unspecified atom stereocenters. The van der Waals surface area contributed by atoms with Crippen molar-refractivity contribution in [2.45, 2.75) is 19.9 Å². The molecule has 0 spiro atoms. The lowest BCUT2D eigenvalue weighted by atomic mass is 10.2. The Morgan fingerprint density at radius 1 is 1.25 bits per heavy atom. The van der Waals surface area contributed by atoms with Crippen LogP contribution in [0.15, 0.2) is 18.2 Å². The van der Waals surface area contributed by atoms with Gasteiger partial charge in [0.15, 0.2) is 17.3 Å². The number of nitrogens with one attached hydrogen (secondary N) is 1. The van der Waals surface area contributed by atoms with Gasteiger partial charge in [-0.3, -0.25) is 4.79 Å². The van der Waals surface area contributed by atoms with Gasteiger partial charge < -0.3 is 14.8 Å². The van der Waals surface area contributed by atoms with Gasteiger partial charge in [-0.2, -0.15) is 0 Å². The van der Waals surface area contributed by atoms with Gasteiger partial charge in [0.1, 0.15) is 0 Å². The van der Waals surface area contributed by atoms with Crippen LogP contribution in [0, 0.1) is 0 Å². The third kappa shape index (κ3) is 2.89. The molecule has 0 fully saturated rings. The first-order valence-electron chi connectivity index (χ1n) is 5.07. The van der Waals surface area contributed by atoms with Crippen LogP contribution >= 0.6 is 0 Å². The number of anilines is 1. The molecule has 4 heteroatoms. The largest absolute Gasteiger partial charge is 0.493 e. The van der Waals surface area contributed by atoms with Gasteiger partial charge >= 0.3 is 0 Å². The van der Waals surface area contributed by atoms with Crippen LogP contribution < -0.4 is 14.8 Å². The minimum Gasteiger partial charge on any atom is -0.493 e. The quantitative estimate of drug-likeness (QED) is 0.830. The van der Waals surface area contributed by atoms with Crippen molar-refractivity contribution in [1.29, 1.82) is 0 Å². The molecule has 0 radical (unpaired) electrons. The third-order valence-electron chi connectivity index (χ3n) is 2.38. The highest BCUT2D eigenvalue weighted by Crippen LogP contribution is 2.29. The van der Waals surface area contributed by atoms with E-state index in [1.807, 2.05) is 13.0 Å². The summed E-state index contributed by atoms with van der Waals surface area (Å²) in [7, 11) is 3.17. The standard InChI is InChI=1S/C12H17NO3/c1-8(9(2)14)13-10-5-6-11(15-3)12(7-10)16-4/h5-8,13H,1-4H3. The van der Waals surface area contributed by atoms with Gasteiger partial charge in [0.05, 0.1) is 20.3 Å². The van der Waals surface area contributed by atoms with E-state index in [4.69, 9.17) is 9.47 Å². The Hall–Kier alpha value is -1.71. The van der Waals surface area contributed by atoms with E-state index < -0.39 is 0 Å². The van der Waals surface area contributed by atoms with E-state index in [9.17, 15) is 4.79 Å². The third-order valence-corrected chi connectivity index (χ3v) is 2.38. The van der Waals surface area contributed by atoms with Crippen LogP contribution in [-0.4, -0.2) is 26.0 Å². The monoisotopic (exact) mass is 223 g/mol. The van der Waals surface area contributed by atoms with Crippen LogP contribution in [0.5, 0.6) is 11.5 Å². The zero-order valence-corrected chi connectivity index (χ0v) is 10.0. The van der Waals surface area contributed by atoms with Crippen LogP contribution in [0.2, 0.25) is 0 Å². The Labute approximate surface area is 95.6 Å². The Bertz CT molecular complexity index is 377. The molecule has 16 heavy (non-hydrogen) atoms. The molecule has 0 saturated carbocycles. The number of benzene rings is 1. The van der Waals surface area contributed by atoms with E-state index in [1.54, 1.807) is 33.3 Å². The second kappa shape index (κ2) is 5.39. The maximum Gasteiger partial charge on any atom is 0.162 e. The Morgan fingerprint density at radius 2 is 1.88 bits per heavy atom. The minimum atomic E-state index is -0.210. The molecule has 1 aromatic carbocycles. The fourth-order valence-corrected chi connectivity index (χ4v) is 1.28. The van der Waals surface area contributed by atoms with Crippen molar-refractivity contribution < 1.29 is 14.3 Å². The summed E-state index contributed by atoms with van der Waals surface area (Å²) < 4.78 is 10.3. The summed E-state index contributed by atoms with van der Waals surface area (Å²) >= 11 is 0. The fraction of sp³-hybridized carbons (Fsp3) is 0.417. The molecule has 0 saturated heterocycles. The molecule has 1 rings (SSSR count). The highest BCUT2D eigenvalue weighted by molar-refractivity contribution is 5.84. The molecule has 0 aliphatic heterocycles. The number of carbonyl (C=O) groups excluding carboxylic acids is 1. The topological polar surface area (TPSA) is 47.6 Å². The zero-order valence-electron chi connectivity index (χ0n) is 10.0. The summed E-state index contributed by atoms with van der Waals surface area (Å²) in [6.45, 7) is 3.37. The lowest BCUT2D eigenvalue weighted by molar-refractivity contribution is -0.117. The van der Waals surface area contributed by atoms with E-state index >= 15 is 0 Å². The molecule has 0 aliphatic rings. The van der Waals surface area contributed by atoms with E-state index in [0.29, 0.717) is 11.5 Å². The number of Topliss-reactive ketones (excluding diaryl/α,β-unsaturated/α-hetero) is 1. The SMILES string of the molecule is COc1ccc(NC(C)C(C)=O)cc1OC. The summed E-state index contributed by atoms with van der Waals surface area (Å²) in [4.78, 5) is 11.1. The van der Waals surface area contributed by atoms with Gasteiger partial charge in [0, 0.05) is 11.8 Å². The average Bonchev–Trinajstić information content (AvgIpc) is 2.28. The number of carbonyl (C=O) groups is 1. The molecule has 1 aromatic rings. The minimum absolute atomic E-state index is 0.0924. The summed E-state index contributed by atoms with van der Waals surface area (Å²) in [5.41, 5.74) is 0.834. The maximum atomic E-state index is 11.1. The second-order valence-corrected chi connectivity index (χ2v) is 3.55. The van der Waals surface area contributed by atoms with Crippen LogP contribution in [0.1, 0.15) is 13.8 Å². The molecule has 1 atom stereocenters. The van der Waals surface area contributed by atoms with Gasteiger partial charge in [-0.25, -0.2) is 0 Å². The van der Waals surface area contributed by atoms with Crippen molar-refractivity contribution in [1.82, 2.24) is 0 Å². The molecular weight excluding hydrogens is 206 g/mol. The molecule has 88 valence electrons. The van der Waals surface area contributed by atoms with Gasteiger partial charge in [0.25, 0.3) is 0 Å². The molecule has 1 N–H and O–H groups in total. The van der Waals surface area contributed by atoms with Gasteiger partial charge in [0.2, 0.25) is 0 Å². The summed E-state index contributed by atoms with van der Waals surface area (Å²) in [5, 5.41) is 3.08. The number of ketones is 1. The normalized spacial score (nSPS) is 11.8. The molecular formula is C12H17NO3. The number of hydrogen-bond acceptors (Lipinski definition) is 4. The molecule has 0 heterocycles. The fourth-order valence-electron chi connectivity index (χ4n) is 1.28. The summed E-state index contributed by atoms with van der Waals surface area (Å²) in [6.07, 6.45) is 0. The van der Waals surface area contributed by atoms with E-state index in [2.05, 4.69) is 5.32 Å². The first-order valence-corrected chi connectivity index (χ1v) is 5.07. The Balaban J connectivity index is 2.86. The highest BCUT2D eigenvalue weighted by atomic mass is 16.5. The van der Waals surface area contributed by atoms with E-state index in [1.165, 1.54) is 0 Å². The van der Waals surface area contributed by atoms with Gasteiger partial charge in [-0.15, -0.1) is 0 Å². The van der Waals surface area contributed by atoms with Crippen LogP contribution in [0.3, 0.4) is 0 Å². The van der Waals surface area contributed by atoms with Crippen LogP contribution in [-0.2, 0) is 4.79 Å². The van der Waals surface area contributed by atoms with E-state index in [0.717, 1.165) is 5.69 Å². The molecule has 0 amide bonds. The Morgan fingerprint density at radius 3 is 2.38 bits per heavy atom. The van der Waals surface area contributed by atoms with Crippen molar-refractivity contribution in [3.8, 4) is 11.5 Å². The zero-order chi connectivity index (χ0) is 12.1. The molecule has 4 nitrogen and oxygen atoms in total. The van der Waals surface area contributed by atoms with Gasteiger partial charge in [-0.1, -0.05) is 0 Å². The van der Waals surface area contributed by atoms with Crippen molar-refractivity contribution in [2.24, 2.45) is 0 Å². The molecule has 0 bridgehead atoms. The maximum absolute atomic E-state index is 11.1. The number of ether oxygens (including phenoxy) is 2. The van der Waals surface area contributed by atoms with Gasteiger partial charge in [-0.05, 0) is 26.0 Å².